The molecule has 0 unspecified atom stereocenters. The van der Waals surface area contributed by atoms with Gasteiger partial charge in [-0.25, -0.2) is 26.3 Å². The second-order valence-electron chi connectivity index (χ2n) is 8.48. The monoisotopic (exact) mass is 516 g/mol. The van der Waals surface area contributed by atoms with Crippen LogP contribution in [0.2, 0.25) is 0 Å². The van der Waals surface area contributed by atoms with Crippen molar-refractivity contribution in [1.29, 1.82) is 0 Å². The molecule has 182 valence electrons. The highest BCUT2D eigenvalue weighted by Gasteiger charge is 2.16. The van der Waals surface area contributed by atoms with Gasteiger partial charge in [-0.1, -0.05) is 84.9 Å². The second-order valence-corrected chi connectivity index (χ2v) is 12.0. The number of nitrogens with one attached hydrogen (secondary N) is 2. The maximum Gasteiger partial charge on any atom is 0.240 e. The number of fused-ring (bicyclic) bond motifs is 2. The van der Waals surface area contributed by atoms with E-state index in [-0.39, 0.29) is 22.9 Å². The number of sulfonamides is 2. The molecule has 5 aromatic rings. The highest BCUT2D eigenvalue weighted by Crippen LogP contribution is 2.20. The first-order valence-corrected chi connectivity index (χ1v) is 14.3. The molecule has 0 radical (unpaired) electrons. The Labute approximate surface area is 210 Å². The van der Waals surface area contributed by atoms with Gasteiger partial charge in [0.2, 0.25) is 20.0 Å². The van der Waals surface area contributed by atoms with E-state index in [9.17, 15) is 16.8 Å². The summed E-state index contributed by atoms with van der Waals surface area (Å²) in [6.07, 6.45) is 0. The molecule has 0 saturated heterocycles. The molecule has 0 aliphatic carbocycles. The predicted octanol–water partition coefficient (Wildman–Crippen LogP) is 4.95. The highest BCUT2D eigenvalue weighted by molar-refractivity contribution is 7.89. The van der Waals surface area contributed by atoms with Crippen LogP contribution in [0.5, 0.6) is 0 Å². The van der Waals surface area contributed by atoms with Gasteiger partial charge in [0, 0.05) is 13.1 Å². The normalized spacial score (nSPS) is 12.2. The topological polar surface area (TPSA) is 92.3 Å². The van der Waals surface area contributed by atoms with E-state index in [0.717, 1.165) is 32.7 Å². The Morgan fingerprint density at radius 3 is 1.19 bits per heavy atom. The van der Waals surface area contributed by atoms with E-state index in [1.807, 2.05) is 48.5 Å². The Hall–Kier alpha value is -3.56. The quantitative estimate of drug-likeness (QED) is 0.305. The van der Waals surface area contributed by atoms with Crippen LogP contribution in [0.3, 0.4) is 0 Å². The molecule has 0 aromatic heterocycles. The first-order chi connectivity index (χ1) is 17.3. The van der Waals surface area contributed by atoms with Gasteiger partial charge in [-0.2, -0.15) is 0 Å². The molecule has 8 heteroatoms. The number of hydrogen-bond donors (Lipinski definition) is 2. The van der Waals surface area contributed by atoms with Crippen molar-refractivity contribution in [3.8, 4) is 0 Å². The number of rotatable bonds is 8. The van der Waals surface area contributed by atoms with Crippen molar-refractivity contribution >= 4 is 41.6 Å². The summed E-state index contributed by atoms with van der Waals surface area (Å²) in [5, 5.41) is 3.67. The minimum absolute atomic E-state index is 0.123. The summed E-state index contributed by atoms with van der Waals surface area (Å²) in [7, 11) is -7.36. The lowest BCUT2D eigenvalue weighted by atomic mass is 10.1. The maximum absolute atomic E-state index is 12.8. The van der Waals surface area contributed by atoms with Crippen LogP contribution < -0.4 is 9.44 Å². The van der Waals surface area contributed by atoms with Crippen molar-refractivity contribution in [2.24, 2.45) is 0 Å². The summed E-state index contributed by atoms with van der Waals surface area (Å²) in [6.45, 7) is 0.247. The average Bonchev–Trinajstić information content (AvgIpc) is 2.91. The van der Waals surface area contributed by atoms with Gasteiger partial charge >= 0.3 is 0 Å². The summed E-state index contributed by atoms with van der Waals surface area (Å²) in [6, 6.07) is 32.4. The van der Waals surface area contributed by atoms with Gasteiger partial charge in [-0.05, 0) is 56.9 Å². The largest absolute Gasteiger partial charge is 0.240 e. The van der Waals surface area contributed by atoms with Crippen LogP contribution >= 0.6 is 0 Å². The minimum Gasteiger partial charge on any atom is -0.207 e. The molecule has 5 aromatic carbocycles. The molecule has 2 N–H and O–H groups in total. The first kappa shape index (κ1) is 24.1. The minimum atomic E-state index is -3.68. The van der Waals surface area contributed by atoms with Crippen molar-refractivity contribution in [3.05, 3.63) is 120 Å². The molecule has 5 rings (SSSR count). The van der Waals surface area contributed by atoms with Crippen molar-refractivity contribution in [3.63, 3.8) is 0 Å². The van der Waals surface area contributed by atoms with Crippen molar-refractivity contribution in [2.75, 3.05) is 0 Å². The van der Waals surface area contributed by atoms with Crippen LogP contribution in [0.1, 0.15) is 11.1 Å². The molecule has 0 aliphatic rings. The predicted molar refractivity (Wildman–Crippen MR) is 142 cm³/mol. The lowest BCUT2D eigenvalue weighted by Crippen LogP contribution is -2.24. The maximum atomic E-state index is 12.8. The van der Waals surface area contributed by atoms with Crippen LogP contribution in [0.15, 0.2) is 119 Å². The average molecular weight is 517 g/mol. The third kappa shape index (κ3) is 5.32. The van der Waals surface area contributed by atoms with Crippen LogP contribution in [0.25, 0.3) is 21.5 Å². The Morgan fingerprint density at radius 1 is 0.444 bits per heavy atom. The summed E-state index contributed by atoms with van der Waals surface area (Å²) in [5.41, 5.74) is 1.53. The van der Waals surface area contributed by atoms with E-state index < -0.39 is 20.0 Å². The SMILES string of the molecule is O=S(=O)(NCc1ccc(CNS(=O)(=O)c2ccc3ccccc3c2)cc1)c1ccc2ccccc2c1. The van der Waals surface area contributed by atoms with Gasteiger partial charge in [0.15, 0.2) is 0 Å². The van der Waals surface area contributed by atoms with E-state index in [1.54, 1.807) is 60.7 Å². The van der Waals surface area contributed by atoms with Gasteiger partial charge < -0.3 is 0 Å². The molecule has 36 heavy (non-hydrogen) atoms. The van der Waals surface area contributed by atoms with E-state index in [0.29, 0.717) is 0 Å². The van der Waals surface area contributed by atoms with Gasteiger partial charge in [-0.15, -0.1) is 0 Å². The third-order valence-corrected chi connectivity index (χ3v) is 8.82. The molecule has 0 atom stereocenters. The van der Waals surface area contributed by atoms with Crippen LogP contribution in [0, 0.1) is 0 Å². The fourth-order valence-corrected chi connectivity index (χ4v) is 6.07. The summed E-state index contributed by atoms with van der Waals surface area (Å²) < 4.78 is 56.3. The zero-order chi connectivity index (χ0) is 25.2. The molecular weight excluding hydrogens is 492 g/mol. The van der Waals surface area contributed by atoms with Crippen molar-refractivity contribution < 1.29 is 16.8 Å². The van der Waals surface area contributed by atoms with Gasteiger partial charge in [0.05, 0.1) is 9.79 Å². The van der Waals surface area contributed by atoms with E-state index in [1.165, 1.54) is 0 Å². The fourth-order valence-electron chi connectivity index (χ4n) is 3.97. The highest BCUT2D eigenvalue weighted by atomic mass is 32.2. The Balaban J connectivity index is 1.21. The first-order valence-electron chi connectivity index (χ1n) is 11.3. The summed E-state index contributed by atoms with van der Waals surface area (Å²) in [5.74, 6) is 0. The molecule has 0 saturated carbocycles. The summed E-state index contributed by atoms with van der Waals surface area (Å²) in [4.78, 5) is 0.418. The number of hydrogen-bond acceptors (Lipinski definition) is 4. The smallest absolute Gasteiger partial charge is 0.207 e. The number of benzene rings is 5. The van der Waals surface area contributed by atoms with Gasteiger partial charge in [0.1, 0.15) is 0 Å². The zero-order valence-electron chi connectivity index (χ0n) is 19.3. The van der Waals surface area contributed by atoms with Crippen molar-refractivity contribution in [1.82, 2.24) is 9.44 Å². The van der Waals surface area contributed by atoms with Gasteiger partial charge in [-0.3, -0.25) is 0 Å². The third-order valence-electron chi connectivity index (χ3n) is 6.02. The Kier molecular flexibility index (Phi) is 6.59. The Bertz CT molecular complexity index is 1630. The molecule has 6 nitrogen and oxygen atoms in total. The van der Waals surface area contributed by atoms with E-state index >= 15 is 0 Å². The van der Waals surface area contributed by atoms with Gasteiger partial charge in [0.25, 0.3) is 0 Å². The molecule has 0 fully saturated rings. The van der Waals surface area contributed by atoms with E-state index in [4.69, 9.17) is 0 Å². The zero-order valence-corrected chi connectivity index (χ0v) is 20.9. The molecule has 0 amide bonds. The molecule has 0 aliphatic heterocycles. The standard InChI is InChI=1S/C28H24N2O4S2/c31-35(32,27-15-13-23-5-1-3-7-25(23)17-27)29-19-21-9-11-22(12-10-21)20-30-36(33,34)28-16-14-24-6-2-4-8-26(24)18-28/h1-18,29-30H,19-20H2. The fraction of sp³-hybridized carbons (Fsp3) is 0.0714. The van der Waals surface area contributed by atoms with Crippen molar-refractivity contribution in [2.45, 2.75) is 22.9 Å². The molecule has 0 heterocycles. The van der Waals surface area contributed by atoms with Crippen LogP contribution in [-0.2, 0) is 33.1 Å². The van der Waals surface area contributed by atoms with Crippen LogP contribution in [-0.4, -0.2) is 16.8 Å². The molecule has 0 bridgehead atoms. The molecule has 0 spiro atoms. The van der Waals surface area contributed by atoms with Crippen LogP contribution in [0.4, 0.5) is 0 Å². The molecular formula is C28H24N2O4S2. The second kappa shape index (κ2) is 9.83. The lowest BCUT2D eigenvalue weighted by Gasteiger charge is -2.10. The summed E-state index contributed by atoms with van der Waals surface area (Å²) >= 11 is 0. The Morgan fingerprint density at radius 2 is 0.806 bits per heavy atom. The van der Waals surface area contributed by atoms with E-state index in [2.05, 4.69) is 9.44 Å². The lowest BCUT2D eigenvalue weighted by molar-refractivity contribution is 0.579.